The molecule has 3 rings (SSSR count). The zero-order chi connectivity index (χ0) is 17.0. The SMILES string of the molecule is CCC1(C(=O)NCCN2CCN(c3cccc(C)c3)CC2)COC1. The Kier molecular flexibility index (Phi) is 5.41. The number of hydrogen-bond donors (Lipinski definition) is 1. The molecule has 2 saturated heterocycles. The molecule has 1 amide bonds. The van der Waals surface area contributed by atoms with Gasteiger partial charge in [-0.25, -0.2) is 0 Å². The average Bonchev–Trinajstić information content (AvgIpc) is 2.55. The van der Waals surface area contributed by atoms with Crippen LogP contribution in [0, 0.1) is 12.3 Å². The molecule has 2 fully saturated rings. The molecule has 1 aromatic rings. The van der Waals surface area contributed by atoms with Crippen molar-refractivity contribution < 1.29 is 9.53 Å². The van der Waals surface area contributed by atoms with Crippen LogP contribution in [-0.2, 0) is 9.53 Å². The average molecular weight is 331 g/mol. The maximum Gasteiger partial charge on any atom is 0.230 e. The van der Waals surface area contributed by atoms with Gasteiger partial charge in [0.2, 0.25) is 5.91 Å². The van der Waals surface area contributed by atoms with Gasteiger partial charge in [0, 0.05) is 45.0 Å². The van der Waals surface area contributed by atoms with Gasteiger partial charge >= 0.3 is 0 Å². The Balaban J connectivity index is 1.39. The number of carbonyl (C=O) groups excluding carboxylic acids is 1. The van der Waals surface area contributed by atoms with Crippen LogP contribution in [0.2, 0.25) is 0 Å². The van der Waals surface area contributed by atoms with Crippen LogP contribution in [-0.4, -0.2) is 63.3 Å². The second-order valence-corrected chi connectivity index (χ2v) is 7.05. The monoisotopic (exact) mass is 331 g/mol. The quantitative estimate of drug-likeness (QED) is 0.861. The van der Waals surface area contributed by atoms with Crippen molar-refractivity contribution in [2.24, 2.45) is 5.41 Å². The Morgan fingerprint density at radius 1 is 1.25 bits per heavy atom. The Morgan fingerprint density at radius 3 is 2.58 bits per heavy atom. The van der Waals surface area contributed by atoms with Crippen molar-refractivity contribution in [1.29, 1.82) is 0 Å². The molecule has 1 N–H and O–H groups in total. The molecule has 0 atom stereocenters. The van der Waals surface area contributed by atoms with Crippen LogP contribution in [0.25, 0.3) is 0 Å². The Labute approximate surface area is 145 Å². The second-order valence-electron chi connectivity index (χ2n) is 7.05. The van der Waals surface area contributed by atoms with Gasteiger partial charge in [0.1, 0.15) is 0 Å². The standard InChI is InChI=1S/C19H29N3O2/c1-3-19(14-24-15-19)18(23)20-7-8-21-9-11-22(12-10-21)17-6-4-5-16(2)13-17/h4-6,13H,3,7-12,14-15H2,1-2H3,(H,20,23). The molecule has 0 aliphatic carbocycles. The summed E-state index contributed by atoms with van der Waals surface area (Å²) >= 11 is 0. The van der Waals surface area contributed by atoms with Gasteiger partial charge < -0.3 is 15.0 Å². The molecule has 1 aromatic carbocycles. The maximum atomic E-state index is 12.3. The number of aryl methyl sites for hydroxylation is 1. The molecular weight excluding hydrogens is 302 g/mol. The van der Waals surface area contributed by atoms with Gasteiger partial charge in [-0.2, -0.15) is 0 Å². The van der Waals surface area contributed by atoms with E-state index in [4.69, 9.17) is 4.74 Å². The minimum Gasteiger partial charge on any atom is -0.379 e. The Bertz CT molecular complexity index is 558. The van der Waals surface area contributed by atoms with Crippen molar-refractivity contribution in [3.05, 3.63) is 29.8 Å². The van der Waals surface area contributed by atoms with E-state index in [-0.39, 0.29) is 11.3 Å². The molecule has 132 valence electrons. The molecule has 24 heavy (non-hydrogen) atoms. The van der Waals surface area contributed by atoms with E-state index in [1.54, 1.807) is 0 Å². The molecule has 2 aliphatic rings. The minimum absolute atomic E-state index is 0.162. The van der Waals surface area contributed by atoms with Crippen LogP contribution in [0.4, 0.5) is 5.69 Å². The smallest absolute Gasteiger partial charge is 0.230 e. The van der Waals surface area contributed by atoms with Gasteiger partial charge in [-0.05, 0) is 31.0 Å². The zero-order valence-corrected chi connectivity index (χ0v) is 14.9. The number of nitrogens with zero attached hydrogens (tertiary/aromatic N) is 2. The largest absolute Gasteiger partial charge is 0.379 e. The van der Waals surface area contributed by atoms with E-state index in [9.17, 15) is 4.79 Å². The van der Waals surface area contributed by atoms with E-state index in [0.717, 1.165) is 45.7 Å². The number of hydrogen-bond acceptors (Lipinski definition) is 4. The first-order valence-corrected chi connectivity index (χ1v) is 9.03. The van der Waals surface area contributed by atoms with Crippen molar-refractivity contribution in [1.82, 2.24) is 10.2 Å². The summed E-state index contributed by atoms with van der Waals surface area (Å²) in [5.41, 5.74) is 2.37. The highest BCUT2D eigenvalue weighted by Gasteiger charge is 2.43. The number of benzene rings is 1. The molecule has 2 heterocycles. The summed E-state index contributed by atoms with van der Waals surface area (Å²) in [7, 11) is 0. The molecule has 0 aromatic heterocycles. The predicted octanol–water partition coefficient (Wildman–Crippen LogP) is 1.66. The molecular formula is C19H29N3O2. The molecule has 2 aliphatic heterocycles. The van der Waals surface area contributed by atoms with E-state index in [1.165, 1.54) is 11.3 Å². The van der Waals surface area contributed by atoms with E-state index >= 15 is 0 Å². The van der Waals surface area contributed by atoms with Gasteiger partial charge in [0.05, 0.1) is 18.6 Å². The van der Waals surface area contributed by atoms with E-state index in [1.807, 2.05) is 0 Å². The van der Waals surface area contributed by atoms with Crippen molar-refractivity contribution in [2.45, 2.75) is 20.3 Å². The fraction of sp³-hybridized carbons (Fsp3) is 0.632. The van der Waals surface area contributed by atoms with Crippen LogP contribution in [0.1, 0.15) is 18.9 Å². The highest BCUT2D eigenvalue weighted by Crippen LogP contribution is 2.31. The van der Waals surface area contributed by atoms with Gasteiger partial charge in [-0.3, -0.25) is 9.69 Å². The topological polar surface area (TPSA) is 44.8 Å². The van der Waals surface area contributed by atoms with Gasteiger partial charge in [-0.15, -0.1) is 0 Å². The first kappa shape index (κ1) is 17.2. The van der Waals surface area contributed by atoms with Crippen LogP contribution < -0.4 is 10.2 Å². The summed E-state index contributed by atoms with van der Waals surface area (Å²) in [4.78, 5) is 17.1. The third kappa shape index (κ3) is 3.73. The molecule has 0 bridgehead atoms. The fourth-order valence-electron chi connectivity index (χ4n) is 3.41. The van der Waals surface area contributed by atoms with Crippen molar-refractivity contribution >= 4 is 11.6 Å². The van der Waals surface area contributed by atoms with E-state index < -0.39 is 0 Å². The van der Waals surface area contributed by atoms with Gasteiger partial charge in [-0.1, -0.05) is 19.1 Å². The summed E-state index contributed by atoms with van der Waals surface area (Å²) in [6.45, 7) is 11.2. The van der Waals surface area contributed by atoms with Gasteiger partial charge in [0.15, 0.2) is 0 Å². The Morgan fingerprint density at radius 2 is 2.00 bits per heavy atom. The number of nitrogens with one attached hydrogen (secondary N) is 1. The van der Waals surface area contributed by atoms with E-state index in [2.05, 4.69) is 53.2 Å². The molecule has 5 heteroatoms. The maximum absolute atomic E-state index is 12.3. The number of amides is 1. The third-order valence-electron chi connectivity index (χ3n) is 5.37. The first-order valence-electron chi connectivity index (χ1n) is 9.03. The number of anilines is 1. The number of ether oxygens (including phenoxy) is 1. The van der Waals surface area contributed by atoms with Crippen molar-refractivity contribution in [2.75, 3.05) is 57.4 Å². The zero-order valence-electron chi connectivity index (χ0n) is 14.9. The normalized spacial score (nSPS) is 20.5. The molecule has 0 radical (unpaired) electrons. The lowest BCUT2D eigenvalue weighted by atomic mass is 9.82. The fourth-order valence-corrected chi connectivity index (χ4v) is 3.41. The molecule has 0 unspecified atom stereocenters. The third-order valence-corrected chi connectivity index (χ3v) is 5.37. The lowest BCUT2D eigenvalue weighted by Crippen LogP contribution is -2.55. The lowest BCUT2D eigenvalue weighted by Gasteiger charge is -2.39. The van der Waals surface area contributed by atoms with Crippen LogP contribution >= 0.6 is 0 Å². The Hall–Kier alpha value is -1.59. The summed E-state index contributed by atoms with van der Waals surface area (Å²) in [5, 5.41) is 3.10. The second kappa shape index (κ2) is 7.53. The minimum atomic E-state index is -0.260. The van der Waals surface area contributed by atoms with Crippen LogP contribution in [0.5, 0.6) is 0 Å². The molecule has 0 saturated carbocycles. The number of rotatable bonds is 6. The first-order chi connectivity index (χ1) is 11.6. The predicted molar refractivity (Wildman–Crippen MR) is 96.4 cm³/mol. The lowest BCUT2D eigenvalue weighted by molar-refractivity contribution is -0.162. The van der Waals surface area contributed by atoms with Gasteiger partial charge in [0.25, 0.3) is 0 Å². The summed E-state index contributed by atoms with van der Waals surface area (Å²) < 4.78 is 5.23. The van der Waals surface area contributed by atoms with E-state index in [0.29, 0.717) is 13.2 Å². The number of carbonyl (C=O) groups is 1. The van der Waals surface area contributed by atoms with Crippen LogP contribution in [0.15, 0.2) is 24.3 Å². The summed E-state index contributed by atoms with van der Waals surface area (Å²) in [6.07, 6.45) is 0.855. The van der Waals surface area contributed by atoms with Crippen LogP contribution in [0.3, 0.4) is 0 Å². The summed E-state index contributed by atoms with van der Waals surface area (Å²) in [6, 6.07) is 8.70. The molecule has 5 nitrogen and oxygen atoms in total. The van der Waals surface area contributed by atoms with Crippen molar-refractivity contribution in [3.63, 3.8) is 0 Å². The number of piperazine rings is 1. The van der Waals surface area contributed by atoms with Crippen molar-refractivity contribution in [3.8, 4) is 0 Å². The molecule has 0 spiro atoms. The highest BCUT2D eigenvalue weighted by molar-refractivity contribution is 5.83. The summed E-state index contributed by atoms with van der Waals surface area (Å²) in [5.74, 6) is 0.162. The highest BCUT2D eigenvalue weighted by atomic mass is 16.5.